The summed E-state index contributed by atoms with van der Waals surface area (Å²) in [5, 5.41) is 11.2. The van der Waals surface area contributed by atoms with Crippen LogP contribution in [0.1, 0.15) is 37.3 Å². The molecule has 1 aromatic rings. The zero-order chi connectivity index (χ0) is 10.3. The van der Waals surface area contributed by atoms with E-state index >= 15 is 0 Å². The number of aromatic nitrogens is 3. The third kappa shape index (κ3) is 1.33. The summed E-state index contributed by atoms with van der Waals surface area (Å²) in [5.74, 6) is 0.977. The predicted molar refractivity (Wildman–Crippen MR) is 56.0 cm³/mol. The van der Waals surface area contributed by atoms with Crippen molar-refractivity contribution in [3.63, 3.8) is 0 Å². The second-order valence-corrected chi connectivity index (χ2v) is 4.27. The van der Waals surface area contributed by atoms with Gasteiger partial charge < -0.3 is 5.32 Å². The van der Waals surface area contributed by atoms with Crippen molar-refractivity contribution in [1.82, 2.24) is 14.8 Å². The molecule has 5 nitrogen and oxygen atoms in total. The Hall–Kier alpha value is -1.39. The van der Waals surface area contributed by atoms with Crippen LogP contribution in [0.5, 0.6) is 0 Å². The van der Waals surface area contributed by atoms with Crippen molar-refractivity contribution in [1.29, 1.82) is 0 Å². The van der Waals surface area contributed by atoms with Crippen LogP contribution < -0.4 is 10.9 Å². The van der Waals surface area contributed by atoms with Crippen LogP contribution in [0.25, 0.3) is 0 Å². The van der Waals surface area contributed by atoms with Crippen LogP contribution in [0.15, 0.2) is 4.79 Å². The fraction of sp³-hybridized carbons (Fsp3) is 0.700. The van der Waals surface area contributed by atoms with E-state index in [-0.39, 0.29) is 5.56 Å². The summed E-state index contributed by atoms with van der Waals surface area (Å²) < 4.78 is 1.71. The van der Waals surface area contributed by atoms with Crippen molar-refractivity contribution in [3.8, 4) is 0 Å². The fourth-order valence-corrected chi connectivity index (χ4v) is 2.51. The first kappa shape index (κ1) is 8.88. The molecule has 2 heterocycles. The lowest BCUT2D eigenvalue weighted by atomic mass is 10.1. The molecule has 1 N–H and O–H groups in total. The van der Waals surface area contributed by atoms with Gasteiger partial charge in [-0.15, -0.1) is 10.2 Å². The standard InChI is InChI=1S/C10H14N4O/c15-9-8(7-3-1-2-4-7)12-13-10-11-5-6-14(9)10/h7H,1-6H2,(H,11,13). The lowest BCUT2D eigenvalue weighted by Crippen LogP contribution is -2.26. The van der Waals surface area contributed by atoms with E-state index in [0.717, 1.165) is 25.9 Å². The molecule has 2 aliphatic rings. The first-order valence-electron chi connectivity index (χ1n) is 5.57. The lowest BCUT2D eigenvalue weighted by molar-refractivity contribution is 0.630. The molecule has 0 unspecified atom stereocenters. The summed E-state index contributed by atoms with van der Waals surface area (Å²) in [4.78, 5) is 12.1. The van der Waals surface area contributed by atoms with Crippen LogP contribution in [-0.2, 0) is 6.54 Å². The predicted octanol–water partition coefficient (Wildman–Crippen LogP) is 0.721. The Bertz CT molecular complexity index is 434. The van der Waals surface area contributed by atoms with E-state index in [4.69, 9.17) is 0 Å². The molecule has 0 spiro atoms. The van der Waals surface area contributed by atoms with E-state index in [1.54, 1.807) is 4.57 Å². The Labute approximate surface area is 87.5 Å². The normalized spacial score (nSPS) is 20.3. The Kier molecular flexibility index (Phi) is 1.97. The van der Waals surface area contributed by atoms with Gasteiger partial charge in [-0.25, -0.2) is 0 Å². The van der Waals surface area contributed by atoms with E-state index in [1.165, 1.54) is 12.8 Å². The second-order valence-electron chi connectivity index (χ2n) is 4.27. The Morgan fingerprint density at radius 2 is 2.07 bits per heavy atom. The van der Waals surface area contributed by atoms with Crippen molar-refractivity contribution in [2.24, 2.45) is 0 Å². The molecule has 1 fully saturated rings. The number of rotatable bonds is 1. The number of nitrogens with zero attached hydrogens (tertiary/aromatic N) is 3. The third-order valence-electron chi connectivity index (χ3n) is 3.33. The molecule has 15 heavy (non-hydrogen) atoms. The van der Waals surface area contributed by atoms with Crippen LogP contribution in [0.3, 0.4) is 0 Å². The molecule has 0 atom stereocenters. The average molecular weight is 206 g/mol. The van der Waals surface area contributed by atoms with Crippen LogP contribution in [0.2, 0.25) is 0 Å². The van der Waals surface area contributed by atoms with Gasteiger partial charge in [0, 0.05) is 19.0 Å². The SMILES string of the molecule is O=c1c(C2CCCC2)nnc2n1CCN2. The molecule has 1 aliphatic carbocycles. The van der Waals surface area contributed by atoms with Gasteiger partial charge >= 0.3 is 0 Å². The van der Waals surface area contributed by atoms with Crippen LogP contribution in [-0.4, -0.2) is 21.3 Å². The molecule has 0 radical (unpaired) electrons. The van der Waals surface area contributed by atoms with E-state index < -0.39 is 0 Å². The van der Waals surface area contributed by atoms with Crippen molar-refractivity contribution in [3.05, 3.63) is 16.0 Å². The molecule has 1 aromatic heterocycles. The maximum absolute atomic E-state index is 12.1. The van der Waals surface area contributed by atoms with Crippen molar-refractivity contribution < 1.29 is 0 Å². The van der Waals surface area contributed by atoms with Gasteiger partial charge in [0.1, 0.15) is 5.69 Å². The molecular formula is C10H14N4O. The lowest BCUT2D eigenvalue weighted by Gasteiger charge is -2.08. The van der Waals surface area contributed by atoms with Gasteiger partial charge in [-0.1, -0.05) is 12.8 Å². The monoisotopic (exact) mass is 206 g/mol. The fourth-order valence-electron chi connectivity index (χ4n) is 2.51. The Morgan fingerprint density at radius 3 is 2.87 bits per heavy atom. The molecule has 1 aliphatic heterocycles. The molecule has 3 rings (SSSR count). The van der Waals surface area contributed by atoms with Gasteiger partial charge in [-0.2, -0.15) is 0 Å². The zero-order valence-corrected chi connectivity index (χ0v) is 8.57. The highest BCUT2D eigenvalue weighted by Crippen LogP contribution is 2.31. The minimum Gasteiger partial charge on any atom is -0.352 e. The summed E-state index contributed by atoms with van der Waals surface area (Å²) in [6.45, 7) is 1.52. The minimum absolute atomic E-state index is 0.0666. The second kappa shape index (κ2) is 3.32. The number of fused-ring (bicyclic) bond motifs is 1. The molecule has 80 valence electrons. The van der Waals surface area contributed by atoms with Gasteiger partial charge in [0.05, 0.1) is 0 Å². The zero-order valence-electron chi connectivity index (χ0n) is 8.57. The van der Waals surface area contributed by atoms with Gasteiger partial charge in [0.2, 0.25) is 5.95 Å². The maximum Gasteiger partial charge on any atom is 0.277 e. The minimum atomic E-state index is 0.0666. The largest absolute Gasteiger partial charge is 0.352 e. The first-order valence-corrected chi connectivity index (χ1v) is 5.57. The summed E-state index contributed by atoms with van der Waals surface area (Å²) in [6, 6.07) is 0. The van der Waals surface area contributed by atoms with E-state index in [9.17, 15) is 4.79 Å². The van der Waals surface area contributed by atoms with Crippen molar-refractivity contribution >= 4 is 5.95 Å². The number of hydrogen-bond acceptors (Lipinski definition) is 4. The van der Waals surface area contributed by atoms with Gasteiger partial charge in [-0.05, 0) is 12.8 Å². The smallest absolute Gasteiger partial charge is 0.277 e. The number of anilines is 1. The van der Waals surface area contributed by atoms with Crippen LogP contribution >= 0.6 is 0 Å². The van der Waals surface area contributed by atoms with Gasteiger partial charge in [0.25, 0.3) is 5.56 Å². The quantitative estimate of drug-likeness (QED) is 0.735. The van der Waals surface area contributed by atoms with E-state index in [1.807, 2.05) is 0 Å². The van der Waals surface area contributed by atoms with Crippen LogP contribution in [0, 0.1) is 0 Å². The number of nitrogens with one attached hydrogen (secondary N) is 1. The maximum atomic E-state index is 12.1. The molecule has 0 aromatic carbocycles. The molecule has 0 bridgehead atoms. The average Bonchev–Trinajstić information content (AvgIpc) is 2.87. The molecule has 0 saturated heterocycles. The highest BCUT2D eigenvalue weighted by molar-refractivity contribution is 5.28. The van der Waals surface area contributed by atoms with Crippen molar-refractivity contribution in [2.75, 3.05) is 11.9 Å². The molecule has 5 heteroatoms. The summed E-state index contributed by atoms with van der Waals surface area (Å²) in [6.07, 6.45) is 4.62. The summed E-state index contributed by atoms with van der Waals surface area (Å²) in [7, 11) is 0. The van der Waals surface area contributed by atoms with E-state index in [2.05, 4.69) is 15.5 Å². The Morgan fingerprint density at radius 1 is 1.27 bits per heavy atom. The highest BCUT2D eigenvalue weighted by Gasteiger charge is 2.25. The van der Waals surface area contributed by atoms with E-state index in [0.29, 0.717) is 17.6 Å². The first-order chi connectivity index (χ1) is 7.36. The summed E-state index contributed by atoms with van der Waals surface area (Å²) in [5.41, 5.74) is 0.747. The van der Waals surface area contributed by atoms with Crippen LogP contribution in [0.4, 0.5) is 5.95 Å². The van der Waals surface area contributed by atoms with Gasteiger partial charge in [-0.3, -0.25) is 9.36 Å². The third-order valence-corrected chi connectivity index (χ3v) is 3.33. The number of hydrogen-bond donors (Lipinski definition) is 1. The topological polar surface area (TPSA) is 59.8 Å². The summed E-state index contributed by atoms with van der Waals surface area (Å²) >= 11 is 0. The Balaban J connectivity index is 2.06. The molecule has 0 amide bonds. The van der Waals surface area contributed by atoms with Crippen molar-refractivity contribution in [2.45, 2.75) is 38.1 Å². The highest BCUT2D eigenvalue weighted by atomic mass is 16.1. The molecule has 1 saturated carbocycles. The molecular weight excluding hydrogens is 192 g/mol. The van der Waals surface area contributed by atoms with Gasteiger partial charge in [0.15, 0.2) is 0 Å².